The highest BCUT2D eigenvalue weighted by atomic mass is 35.5. The monoisotopic (exact) mass is 205 g/mol. The summed E-state index contributed by atoms with van der Waals surface area (Å²) < 4.78 is 20.5. The van der Waals surface area contributed by atoms with E-state index in [0.717, 1.165) is 0 Å². The summed E-state index contributed by atoms with van der Waals surface area (Å²) in [5.41, 5.74) is 0.662. The molecule has 1 aromatic heterocycles. The second-order valence-corrected chi connectivity index (χ2v) is 3.48. The van der Waals surface area contributed by atoms with Gasteiger partial charge in [-0.2, -0.15) is 0 Å². The van der Waals surface area contributed by atoms with Gasteiger partial charge in [-0.3, -0.25) is 4.21 Å². The van der Waals surface area contributed by atoms with Crippen LogP contribution >= 0.6 is 11.6 Å². The van der Waals surface area contributed by atoms with Crippen molar-refractivity contribution in [2.75, 3.05) is 0 Å². The lowest BCUT2D eigenvalue weighted by Crippen LogP contribution is -2.01. The molecule has 1 unspecified atom stereocenters. The Labute approximate surface area is 77.3 Å². The van der Waals surface area contributed by atoms with Crippen molar-refractivity contribution in [3.8, 4) is 0 Å². The van der Waals surface area contributed by atoms with Crippen molar-refractivity contribution in [1.29, 1.82) is 0 Å². The van der Waals surface area contributed by atoms with Crippen LogP contribution in [0.25, 0.3) is 0 Å². The second kappa shape index (κ2) is 3.93. The van der Waals surface area contributed by atoms with Crippen molar-refractivity contribution in [1.82, 2.24) is 9.97 Å². The molecule has 1 rings (SSSR count). The Morgan fingerprint density at radius 2 is 2.33 bits per heavy atom. The number of halogens is 1. The Bertz CT molecular complexity index is 298. The molecule has 0 bridgehead atoms. The summed E-state index contributed by atoms with van der Waals surface area (Å²) in [6.45, 7) is 1.73. The van der Waals surface area contributed by atoms with Crippen LogP contribution in [0.3, 0.4) is 0 Å². The molecule has 0 saturated heterocycles. The second-order valence-electron chi connectivity index (χ2n) is 2.20. The van der Waals surface area contributed by atoms with E-state index in [-0.39, 0.29) is 16.7 Å². The van der Waals surface area contributed by atoms with E-state index in [0.29, 0.717) is 5.69 Å². The average Bonchev–Trinajstić information content (AvgIpc) is 1.81. The molecular formula is C6H6ClN2O2S-. The fraction of sp³-hybridized carbons (Fsp3) is 0.333. The van der Waals surface area contributed by atoms with Gasteiger partial charge >= 0.3 is 0 Å². The van der Waals surface area contributed by atoms with Gasteiger partial charge in [0.2, 0.25) is 0 Å². The minimum atomic E-state index is -2.17. The van der Waals surface area contributed by atoms with Crippen LogP contribution in [0.15, 0.2) is 6.07 Å². The quantitative estimate of drug-likeness (QED) is 0.530. The normalized spacial score (nSPS) is 12.9. The lowest BCUT2D eigenvalue weighted by atomic mass is 10.4. The standard InChI is InChI=1S/C6H7ClN2O2S/c1-4-2-5(7)9-6(8-4)3-12(10)11/h2H,3H2,1H3,(H,10,11)/p-1. The summed E-state index contributed by atoms with van der Waals surface area (Å²) in [5.74, 6) is 0.0369. The maximum atomic E-state index is 10.3. The summed E-state index contributed by atoms with van der Waals surface area (Å²) >= 11 is 3.41. The van der Waals surface area contributed by atoms with Gasteiger partial charge in [0.25, 0.3) is 0 Å². The van der Waals surface area contributed by atoms with Crippen LogP contribution in [0.1, 0.15) is 11.5 Å². The zero-order valence-corrected chi connectivity index (χ0v) is 7.85. The van der Waals surface area contributed by atoms with Gasteiger partial charge < -0.3 is 4.55 Å². The van der Waals surface area contributed by atoms with Crippen molar-refractivity contribution in [2.24, 2.45) is 0 Å². The first-order chi connectivity index (χ1) is 5.58. The molecule has 0 aromatic carbocycles. The largest absolute Gasteiger partial charge is 0.772 e. The van der Waals surface area contributed by atoms with Crippen molar-refractivity contribution >= 4 is 22.7 Å². The highest BCUT2D eigenvalue weighted by molar-refractivity contribution is 7.78. The molecule has 0 aliphatic rings. The third-order valence-corrected chi connectivity index (χ3v) is 1.80. The maximum Gasteiger partial charge on any atom is 0.141 e. The molecular weight excluding hydrogens is 200 g/mol. The molecule has 1 heterocycles. The fourth-order valence-corrected chi connectivity index (χ4v) is 1.35. The zero-order chi connectivity index (χ0) is 9.14. The molecule has 0 saturated carbocycles. The molecule has 0 aliphatic carbocycles. The number of aromatic nitrogens is 2. The molecule has 0 aliphatic heterocycles. The molecule has 12 heavy (non-hydrogen) atoms. The van der Waals surface area contributed by atoms with E-state index in [1.165, 1.54) is 0 Å². The molecule has 0 spiro atoms. The van der Waals surface area contributed by atoms with Crippen molar-refractivity contribution < 1.29 is 8.76 Å². The Hall–Kier alpha value is -0.520. The molecule has 0 fully saturated rings. The van der Waals surface area contributed by atoms with Crippen LogP contribution in [0.4, 0.5) is 0 Å². The number of rotatable bonds is 2. The van der Waals surface area contributed by atoms with Gasteiger partial charge in [0.15, 0.2) is 0 Å². The van der Waals surface area contributed by atoms with E-state index in [9.17, 15) is 8.76 Å². The Kier molecular flexibility index (Phi) is 3.13. The smallest absolute Gasteiger partial charge is 0.141 e. The Balaban J connectivity index is 2.93. The van der Waals surface area contributed by atoms with E-state index in [1.807, 2.05) is 0 Å². The number of hydrogen-bond acceptors (Lipinski definition) is 4. The fourth-order valence-electron chi connectivity index (χ4n) is 0.759. The van der Waals surface area contributed by atoms with Crippen molar-refractivity contribution in [3.05, 3.63) is 22.7 Å². The van der Waals surface area contributed by atoms with Gasteiger partial charge in [-0.15, -0.1) is 0 Å². The number of hydrogen-bond donors (Lipinski definition) is 0. The highest BCUT2D eigenvalue weighted by Crippen LogP contribution is 2.07. The molecule has 1 atom stereocenters. The highest BCUT2D eigenvalue weighted by Gasteiger charge is 1.99. The topological polar surface area (TPSA) is 65.9 Å². The van der Waals surface area contributed by atoms with Crippen LogP contribution < -0.4 is 0 Å². The molecule has 6 heteroatoms. The van der Waals surface area contributed by atoms with Crippen LogP contribution in [0.2, 0.25) is 5.15 Å². The minimum Gasteiger partial charge on any atom is -0.772 e. The zero-order valence-electron chi connectivity index (χ0n) is 6.28. The lowest BCUT2D eigenvalue weighted by molar-refractivity contribution is 0.535. The van der Waals surface area contributed by atoms with E-state index < -0.39 is 11.1 Å². The first-order valence-corrected chi connectivity index (χ1v) is 4.76. The molecule has 4 nitrogen and oxygen atoms in total. The first-order valence-electron chi connectivity index (χ1n) is 3.14. The van der Waals surface area contributed by atoms with Crippen LogP contribution in [0, 0.1) is 6.92 Å². The molecule has 0 N–H and O–H groups in total. The van der Waals surface area contributed by atoms with Crippen LogP contribution in [-0.2, 0) is 16.8 Å². The minimum absolute atomic E-state index is 0.193. The number of nitrogens with zero attached hydrogens (tertiary/aromatic N) is 2. The predicted molar refractivity (Wildman–Crippen MR) is 44.4 cm³/mol. The Morgan fingerprint density at radius 3 is 2.83 bits per heavy atom. The molecule has 0 amide bonds. The van der Waals surface area contributed by atoms with Crippen LogP contribution in [-0.4, -0.2) is 18.7 Å². The summed E-state index contributed by atoms with van der Waals surface area (Å²) in [6.07, 6.45) is 0. The maximum absolute atomic E-state index is 10.3. The van der Waals surface area contributed by atoms with E-state index in [1.54, 1.807) is 13.0 Å². The van der Waals surface area contributed by atoms with Gasteiger partial charge in [-0.1, -0.05) is 11.6 Å². The Morgan fingerprint density at radius 1 is 1.67 bits per heavy atom. The summed E-state index contributed by atoms with van der Waals surface area (Å²) in [7, 11) is 0. The number of aryl methyl sites for hydroxylation is 1. The van der Waals surface area contributed by atoms with Gasteiger partial charge in [0.1, 0.15) is 11.0 Å². The molecule has 66 valence electrons. The third kappa shape index (κ3) is 2.84. The van der Waals surface area contributed by atoms with Crippen LogP contribution in [0.5, 0.6) is 0 Å². The first kappa shape index (κ1) is 9.57. The van der Waals surface area contributed by atoms with Gasteiger partial charge in [0, 0.05) is 5.69 Å². The third-order valence-electron chi connectivity index (χ3n) is 1.12. The van der Waals surface area contributed by atoms with E-state index in [2.05, 4.69) is 9.97 Å². The van der Waals surface area contributed by atoms with Crippen molar-refractivity contribution in [2.45, 2.75) is 12.7 Å². The van der Waals surface area contributed by atoms with E-state index in [4.69, 9.17) is 11.6 Å². The SMILES string of the molecule is Cc1cc(Cl)nc(CS(=O)[O-])n1. The lowest BCUT2D eigenvalue weighted by Gasteiger charge is -2.04. The average molecular weight is 206 g/mol. The summed E-state index contributed by atoms with van der Waals surface area (Å²) in [6, 6.07) is 1.57. The summed E-state index contributed by atoms with van der Waals surface area (Å²) in [5, 5.41) is 0.267. The predicted octanol–water partition coefficient (Wildman–Crippen LogP) is 0.818. The van der Waals surface area contributed by atoms with Gasteiger partial charge in [0.05, 0.1) is 5.75 Å². The molecule has 1 aromatic rings. The van der Waals surface area contributed by atoms with E-state index >= 15 is 0 Å². The summed E-state index contributed by atoms with van der Waals surface area (Å²) in [4.78, 5) is 7.62. The van der Waals surface area contributed by atoms with Gasteiger partial charge in [-0.25, -0.2) is 9.97 Å². The molecule has 0 radical (unpaired) electrons. The van der Waals surface area contributed by atoms with Gasteiger partial charge in [-0.05, 0) is 24.1 Å². The van der Waals surface area contributed by atoms with Crippen molar-refractivity contribution in [3.63, 3.8) is 0 Å².